The molecule has 0 spiro atoms. The molecule has 2 heterocycles. The molecule has 0 bridgehead atoms. The van der Waals surface area contributed by atoms with Crippen LogP contribution in [0, 0.1) is 5.92 Å². The predicted octanol–water partition coefficient (Wildman–Crippen LogP) is 0.997. The van der Waals surface area contributed by atoms with E-state index in [4.69, 9.17) is 0 Å². The summed E-state index contributed by atoms with van der Waals surface area (Å²) in [6.07, 6.45) is 4.17. The maximum Gasteiger partial charge on any atom is 0.222 e. The molecule has 0 aliphatic carbocycles. The van der Waals surface area contributed by atoms with E-state index in [2.05, 4.69) is 17.1 Å². The Hall–Kier alpha value is -0.570. The van der Waals surface area contributed by atoms with Gasteiger partial charge in [0.1, 0.15) is 0 Å². The van der Waals surface area contributed by atoms with Crippen molar-refractivity contribution >= 4 is 5.91 Å². The molecule has 2 saturated heterocycles. The first kappa shape index (κ1) is 9.97. The molecule has 0 radical (unpaired) electrons. The Morgan fingerprint density at radius 1 is 1.50 bits per heavy atom. The fraction of sp³-hybridized carbons (Fsp3) is 0.909. The van der Waals surface area contributed by atoms with E-state index in [0.29, 0.717) is 11.9 Å². The van der Waals surface area contributed by atoms with Crippen molar-refractivity contribution in [3.8, 4) is 0 Å². The molecular formula is C11H20N2O. The summed E-state index contributed by atoms with van der Waals surface area (Å²) in [4.78, 5) is 13.9. The minimum Gasteiger partial charge on any atom is -0.338 e. The molecule has 2 aliphatic heterocycles. The minimum atomic E-state index is 0.365. The van der Waals surface area contributed by atoms with Gasteiger partial charge in [0.25, 0.3) is 0 Å². The number of likely N-dealkylation sites (tertiary alicyclic amines) is 1. The second kappa shape index (κ2) is 4.30. The standard InChI is InChI=1S/C11H20N2O/c1-2-3-11(14)13-7-5-9-4-6-12-8-10(9)13/h9-10,12H,2-8H2,1H3/t9-,10-/m0/s1. The summed E-state index contributed by atoms with van der Waals surface area (Å²) < 4.78 is 0. The fourth-order valence-electron chi connectivity index (χ4n) is 2.74. The average molecular weight is 196 g/mol. The van der Waals surface area contributed by atoms with E-state index < -0.39 is 0 Å². The van der Waals surface area contributed by atoms with Crippen molar-refractivity contribution in [2.75, 3.05) is 19.6 Å². The summed E-state index contributed by atoms with van der Waals surface area (Å²) in [6.45, 7) is 5.22. The molecular weight excluding hydrogens is 176 g/mol. The summed E-state index contributed by atoms with van der Waals surface area (Å²) in [5, 5.41) is 3.39. The van der Waals surface area contributed by atoms with Crippen molar-refractivity contribution < 1.29 is 4.79 Å². The molecule has 80 valence electrons. The van der Waals surface area contributed by atoms with E-state index in [1.165, 1.54) is 12.8 Å². The number of nitrogens with zero attached hydrogens (tertiary/aromatic N) is 1. The van der Waals surface area contributed by atoms with E-state index in [1.54, 1.807) is 0 Å². The number of carbonyl (C=O) groups is 1. The van der Waals surface area contributed by atoms with Crippen molar-refractivity contribution in [2.45, 2.75) is 38.6 Å². The van der Waals surface area contributed by atoms with Crippen LogP contribution in [0.3, 0.4) is 0 Å². The summed E-state index contributed by atoms with van der Waals surface area (Å²) in [7, 11) is 0. The summed E-state index contributed by atoms with van der Waals surface area (Å²) in [6, 6.07) is 0.503. The molecule has 0 aromatic carbocycles. The summed E-state index contributed by atoms with van der Waals surface area (Å²) in [5.74, 6) is 1.14. The highest BCUT2D eigenvalue weighted by Crippen LogP contribution is 2.29. The molecule has 1 amide bonds. The van der Waals surface area contributed by atoms with Gasteiger partial charge in [-0.05, 0) is 31.7 Å². The first-order chi connectivity index (χ1) is 6.83. The predicted molar refractivity (Wildman–Crippen MR) is 56.0 cm³/mol. The van der Waals surface area contributed by atoms with Gasteiger partial charge in [-0.2, -0.15) is 0 Å². The first-order valence-electron chi connectivity index (χ1n) is 5.83. The van der Waals surface area contributed by atoms with Crippen LogP contribution in [0.25, 0.3) is 0 Å². The second-order valence-electron chi connectivity index (χ2n) is 4.45. The number of amides is 1. The van der Waals surface area contributed by atoms with Crippen LogP contribution in [-0.4, -0.2) is 36.5 Å². The number of piperidine rings is 1. The van der Waals surface area contributed by atoms with Gasteiger partial charge in [0.15, 0.2) is 0 Å². The lowest BCUT2D eigenvalue weighted by Crippen LogP contribution is -2.47. The molecule has 2 fully saturated rings. The van der Waals surface area contributed by atoms with Gasteiger partial charge in [-0.1, -0.05) is 6.92 Å². The lowest BCUT2D eigenvalue weighted by molar-refractivity contribution is -0.132. The number of hydrogen-bond acceptors (Lipinski definition) is 2. The maximum absolute atomic E-state index is 11.8. The maximum atomic E-state index is 11.8. The topological polar surface area (TPSA) is 32.3 Å². The Morgan fingerprint density at radius 3 is 3.14 bits per heavy atom. The van der Waals surface area contributed by atoms with E-state index >= 15 is 0 Å². The molecule has 0 saturated carbocycles. The molecule has 3 nitrogen and oxygen atoms in total. The van der Waals surface area contributed by atoms with Crippen molar-refractivity contribution in [1.29, 1.82) is 0 Å². The van der Waals surface area contributed by atoms with Crippen LogP contribution < -0.4 is 5.32 Å². The van der Waals surface area contributed by atoms with Gasteiger partial charge in [0, 0.05) is 25.6 Å². The lowest BCUT2D eigenvalue weighted by atomic mass is 9.93. The van der Waals surface area contributed by atoms with Crippen molar-refractivity contribution in [3.05, 3.63) is 0 Å². The highest BCUT2D eigenvalue weighted by atomic mass is 16.2. The average Bonchev–Trinajstić information content (AvgIpc) is 2.61. The number of rotatable bonds is 2. The van der Waals surface area contributed by atoms with Crippen molar-refractivity contribution in [3.63, 3.8) is 0 Å². The molecule has 1 N–H and O–H groups in total. The smallest absolute Gasteiger partial charge is 0.222 e. The van der Waals surface area contributed by atoms with Gasteiger partial charge in [-0.25, -0.2) is 0 Å². The van der Waals surface area contributed by atoms with Crippen LogP contribution in [0.1, 0.15) is 32.6 Å². The Labute approximate surface area is 85.8 Å². The zero-order valence-electron chi connectivity index (χ0n) is 8.96. The molecule has 2 aliphatic rings. The molecule has 2 rings (SSSR count). The zero-order chi connectivity index (χ0) is 9.97. The number of hydrogen-bond donors (Lipinski definition) is 1. The quantitative estimate of drug-likeness (QED) is 0.714. The SMILES string of the molecule is CCCC(=O)N1CC[C@@H]2CCNC[C@@H]21. The first-order valence-corrected chi connectivity index (χ1v) is 5.83. The Morgan fingerprint density at radius 2 is 2.36 bits per heavy atom. The molecule has 3 heteroatoms. The largest absolute Gasteiger partial charge is 0.338 e. The van der Waals surface area contributed by atoms with Crippen molar-refractivity contribution in [2.24, 2.45) is 5.92 Å². The summed E-state index contributed by atoms with van der Waals surface area (Å²) >= 11 is 0. The monoisotopic (exact) mass is 196 g/mol. The van der Waals surface area contributed by atoms with Gasteiger partial charge in [0.2, 0.25) is 5.91 Å². The molecule has 2 atom stereocenters. The second-order valence-corrected chi connectivity index (χ2v) is 4.45. The Bertz CT molecular complexity index is 217. The van der Waals surface area contributed by atoms with E-state index in [0.717, 1.165) is 38.4 Å². The number of nitrogens with one attached hydrogen (secondary N) is 1. The third-order valence-corrected chi connectivity index (χ3v) is 3.51. The molecule has 14 heavy (non-hydrogen) atoms. The van der Waals surface area contributed by atoms with Crippen molar-refractivity contribution in [1.82, 2.24) is 10.2 Å². The number of fused-ring (bicyclic) bond motifs is 1. The van der Waals surface area contributed by atoms with Gasteiger partial charge in [-0.15, -0.1) is 0 Å². The number of carbonyl (C=O) groups excluding carboxylic acids is 1. The van der Waals surface area contributed by atoms with E-state index in [-0.39, 0.29) is 0 Å². The highest BCUT2D eigenvalue weighted by molar-refractivity contribution is 5.76. The third-order valence-electron chi connectivity index (χ3n) is 3.51. The fourth-order valence-corrected chi connectivity index (χ4v) is 2.74. The minimum absolute atomic E-state index is 0.365. The van der Waals surface area contributed by atoms with Crippen LogP contribution in [0.15, 0.2) is 0 Å². The summed E-state index contributed by atoms with van der Waals surface area (Å²) in [5.41, 5.74) is 0. The van der Waals surface area contributed by atoms with Gasteiger partial charge < -0.3 is 10.2 Å². The van der Waals surface area contributed by atoms with E-state index in [9.17, 15) is 4.79 Å². The normalized spacial score (nSPS) is 31.6. The van der Waals surface area contributed by atoms with Crippen LogP contribution in [0.4, 0.5) is 0 Å². The van der Waals surface area contributed by atoms with Crippen LogP contribution in [0.2, 0.25) is 0 Å². The Kier molecular flexibility index (Phi) is 3.06. The molecule has 0 aromatic heterocycles. The molecule has 0 aromatic rings. The van der Waals surface area contributed by atoms with Gasteiger partial charge >= 0.3 is 0 Å². The van der Waals surface area contributed by atoms with Crippen LogP contribution in [0.5, 0.6) is 0 Å². The molecule has 0 unspecified atom stereocenters. The van der Waals surface area contributed by atoms with Gasteiger partial charge in [-0.3, -0.25) is 4.79 Å². The Balaban J connectivity index is 1.96. The third kappa shape index (κ3) is 1.78. The zero-order valence-corrected chi connectivity index (χ0v) is 8.96. The van der Waals surface area contributed by atoms with Gasteiger partial charge in [0.05, 0.1) is 0 Å². The van der Waals surface area contributed by atoms with E-state index in [1.807, 2.05) is 0 Å². The van der Waals surface area contributed by atoms with Crippen LogP contribution >= 0.6 is 0 Å². The highest BCUT2D eigenvalue weighted by Gasteiger charge is 2.37. The van der Waals surface area contributed by atoms with Crippen LogP contribution in [-0.2, 0) is 4.79 Å². The lowest BCUT2D eigenvalue weighted by Gasteiger charge is -2.32.